The second-order valence-corrected chi connectivity index (χ2v) is 8.17. The number of nitrogens with zero attached hydrogens (tertiary/aromatic N) is 5. The number of aromatic amines is 1. The van der Waals surface area contributed by atoms with E-state index in [-0.39, 0.29) is 23.8 Å². The number of aryl methyl sites for hydroxylation is 1. The molecule has 4 heterocycles. The first-order valence-electron chi connectivity index (χ1n) is 10.9. The van der Waals surface area contributed by atoms with Gasteiger partial charge in [-0.2, -0.15) is 15.5 Å². The minimum atomic E-state index is -0.605. The molecule has 12 heteroatoms. The lowest BCUT2D eigenvalue weighted by molar-refractivity contribution is 0.225. The molecule has 1 aliphatic rings. The molecular weight excluding hydrogens is 453 g/mol. The molecule has 0 aliphatic carbocycles. The number of hydrogen-bond acceptors (Lipinski definition) is 9. The number of halogens is 1. The van der Waals surface area contributed by atoms with E-state index in [4.69, 9.17) is 10.5 Å². The maximum Gasteiger partial charge on any atom is 0.275 e. The second kappa shape index (κ2) is 8.37. The van der Waals surface area contributed by atoms with Crippen LogP contribution in [0.3, 0.4) is 0 Å². The van der Waals surface area contributed by atoms with Gasteiger partial charge in [-0.3, -0.25) is 9.48 Å². The van der Waals surface area contributed by atoms with E-state index < -0.39 is 11.4 Å². The van der Waals surface area contributed by atoms with E-state index in [2.05, 4.69) is 37.0 Å². The average Bonchev–Trinajstić information content (AvgIpc) is 3.23. The number of pyridine rings is 1. The SMILES string of the molecule is CNc1nc(-c2cnn(C)c2-c2c(F)cc3c(c2C#N)O[C@@H](C)CN3)cc2c(CN)n[nH]c(=O)c12. The fraction of sp³-hybridized carbons (Fsp3) is 0.261. The molecule has 1 aliphatic heterocycles. The number of aromatic nitrogens is 5. The van der Waals surface area contributed by atoms with E-state index in [9.17, 15) is 10.1 Å². The molecule has 178 valence electrons. The average molecular weight is 475 g/mol. The van der Waals surface area contributed by atoms with Gasteiger partial charge >= 0.3 is 0 Å². The quantitative estimate of drug-likeness (QED) is 0.346. The summed E-state index contributed by atoms with van der Waals surface area (Å²) in [5, 5.41) is 27.7. The van der Waals surface area contributed by atoms with Gasteiger partial charge in [-0.05, 0) is 13.0 Å². The monoisotopic (exact) mass is 475 g/mol. The van der Waals surface area contributed by atoms with Crippen LogP contribution in [0.4, 0.5) is 15.9 Å². The highest BCUT2D eigenvalue weighted by Crippen LogP contribution is 2.43. The zero-order valence-electron chi connectivity index (χ0n) is 19.2. The summed E-state index contributed by atoms with van der Waals surface area (Å²) in [7, 11) is 3.29. The fourth-order valence-electron chi connectivity index (χ4n) is 4.35. The predicted octanol–water partition coefficient (Wildman–Crippen LogP) is 2.09. The van der Waals surface area contributed by atoms with Crippen molar-refractivity contribution in [1.82, 2.24) is 25.0 Å². The van der Waals surface area contributed by atoms with E-state index >= 15 is 4.39 Å². The Balaban J connectivity index is 1.81. The van der Waals surface area contributed by atoms with Gasteiger partial charge in [0.1, 0.15) is 29.4 Å². The fourth-order valence-corrected chi connectivity index (χ4v) is 4.35. The Kier molecular flexibility index (Phi) is 5.33. The first-order chi connectivity index (χ1) is 16.9. The molecule has 0 fully saturated rings. The smallest absolute Gasteiger partial charge is 0.275 e. The van der Waals surface area contributed by atoms with Crippen LogP contribution >= 0.6 is 0 Å². The van der Waals surface area contributed by atoms with Crippen LogP contribution in [0.25, 0.3) is 33.3 Å². The lowest BCUT2D eigenvalue weighted by atomic mass is 9.96. The zero-order chi connectivity index (χ0) is 24.9. The predicted molar refractivity (Wildman–Crippen MR) is 128 cm³/mol. The molecule has 0 unspecified atom stereocenters. The van der Waals surface area contributed by atoms with Crippen molar-refractivity contribution in [2.75, 3.05) is 24.2 Å². The lowest BCUT2D eigenvalue weighted by Gasteiger charge is -2.27. The van der Waals surface area contributed by atoms with Gasteiger partial charge in [0.25, 0.3) is 5.56 Å². The number of H-pyrrole nitrogens is 1. The van der Waals surface area contributed by atoms with Gasteiger partial charge in [-0.1, -0.05) is 0 Å². The number of rotatable bonds is 4. The molecule has 1 atom stereocenters. The summed E-state index contributed by atoms with van der Waals surface area (Å²) in [5.74, 6) is -0.0112. The highest BCUT2D eigenvalue weighted by Gasteiger charge is 2.29. The Bertz CT molecular complexity index is 1590. The Morgan fingerprint density at radius 3 is 2.94 bits per heavy atom. The third-order valence-electron chi connectivity index (χ3n) is 5.97. The van der Waals surface area contributed by atoms with Crippen molar-refractivity contribution >= 4 is 22.3 Å². The van der Waals surface area contributed by atoms with E-state index in [0.29, 0.717) is 57.2 Å². The van der Waals surface area contributed by atoms with Gasteiger partial charge in [0.05, 0.1) is 46.5 Å². The minimum absolute atomic E-state index is 0.0492. The van der Waals surface area contributed by atoms with Crippen LogP contribution in [0, 0.1) is 17.1 Å². The lowest BCUT2D eigenvalue weighted by Crippen LogP contribution is -2.28. The molecule has 0 radical (unpaired) electrons. The number of nitriles is 1. The molecule has 5 N–H and O–H groups in total. The van der Waals surface area contributed by atoms with Crippen molar-refractivity contribution in [1.29, 1.82) is 5.26 Å². The third-order valence-corrected chi connectivity index (χ3v) is 5.97. The number of nitrogens with two attached hydrogens (primary N) is 1. The number of anilines is 2. The molecule has 35 heavy (non-hydrogen) atoms. The molecular formula is C23H22FN9O2. The Morgan fingerprint density at radius 1 is 1.43 bits per heavy atom. The highest BCUT2D eigenvalue weighted by atomic mass is 19.1. The van der Waals surface area contributed by atoms with Crippen LogP contribution in [0.2, 0.25) is 0 Å². The van der Waals surface area contributed by atoms with Crippen LogP contribution in [-0.4, -0.2) is 44.7 Å². The van der Waals surface area contributed by atoms with Crippen LogP contribution in [0.15, 0.2) is 23.1 Å². The van der Waals surface area contributed by atoms with Crippen molar-refractivity contribution in [3.05, 3.63) is 45.8 Å². The van der Waals surface area contributed by atoms with Gasteiger partial charge in [0, 0.05) is 37.7 Å². The summed E-state index contributed by atoms with van der Waals surface area (Å²) in [6, 6.07) is 5.09. The number of ether oxygens (including phenoxy) is 1. The zero-order valence-corrected chi connectivity index (χ0v) is 19.2. The van der Waals surface area contributed by atoms with E-state index in [0.717, 1.165) is 0 Å². The molecule has 3 aromatic heterocycles. The van der Waals surface area contributed by atoms with Crippen LogP contribution in [-0.2, 0) is 13.6 Å². The summed E-state index contributed by atoms with van der Waals surface area (Å²) < 4.78 is 22.9. The van der Waals surface area contributed by atoms with Crippen molar-refractivity contribution in [3.8, 4) is 34.3 Å². The van der Waals surface area contributed by atoms with Crippen molar-refractivity contribution in [2.45, 2.75) is 19.6 Å². The molecule has 4 aromatic rings. The number of nitrogens with one attached hydrogen (secondary N) is 3. The summed E-state index contributed by atoms with van der Waals surface area (Å²) >= 11 is 0. The van der Waals surface area contributed by atoms with E-state index in [1.807, 2.05) is 6.92 Å². The Morgan fingerprint density at radius 2 is 2.23 bits per heavy atom. The number of fused-ring (bicyclic) bond motifs is 2. The van der Waals surface area contributed by atoms with Crippen LogP contribution in [0.1, 0.15) is 18.2 Å². The highest BCUT2D eigenvalue weighted by molar-refractivity contribution is 5.97. The summed E-state index contributed by atoms with van der Waals surface area (Å²) in [5.41, 5.74) is 7.63. The number of hydrogen-bond donors (Lipinski definition) is 4. The Labute approximate surface area is 198 Å². The molecule has 0 spiro atoms. The maximum absolute atomic E-state index is 15.5. The van der Waals surface area contributed by atoms with Gasteiger partial charge in [-0.25, -0.2) is 14.5 Å². The minimum Gasteiger partial charge on any atom is -0.485 e. The van der Waals surface area contributed by atoms with Gasteiger partial charge in [0.15, 0.2) is 5.75 Å². The van der Waals surface area contributed by atoms with Crippen LogP contribution < -0.4 is 26.7 Å². The van der Waals surface area contributed by atoms with Gasteiger partial charge in [-0.15, -0.1) is 0 Å². The van der Waals surface area contributed by atoms with Gasteiger partial charge < -0.3 is 21.1 Å². The van der Waals surface area contributed by atoms with Crippen molar-refractivity contribution in [2.24, 2.45) is 12.8 Å². The largest absolute Gasteiger partial charge is 0.485 e. The summed E-state index contributed by atoms with van der Waals surface area (Å²) in [6.07, 6.45) is 1.34. The molecule has 0 saturated carbocycles. The summed E-state index contributed by atoms with van der Waals surface area (Å²) in [4.78, 5) is 17.1. The van der Waals surface area contributed by atoms with E-state index in [1.165, 1.54) is 16.9 Å². The molecule has 11 nitrogen and oxygen atoms in total. The molecule has 5 rings (SSSR count). The maximum atomic E-state index is 15.5. The molecule has 0 saturated heterocycles. The summed E-state index contributed by atoms with van der Waals surface area (Å²) in [6.45, 7) is 2.44. The first-order valence-corrected chi connectivity index (χ1v) is 10.9. The number of benzene rings is 1. The first kappa shape index (κ1) is 22.3. The molecule has 0 bridgehead atoms. The molecule has 1 aromatic carbocycles. The third kappa shape index (κ3) is 3.44. The van der Waals surface area contributed by atoms with Crippen molar-refractivity contribution in [3.63, 3.8) is 0 Å². The standard InChI is InChI=1S/C23H22FN9O2/c1-10-8-28-16-5-14(24)18(12(6-25)21(16)35-10)20-13(9-29-33(20)3)15-4-11-17(7-26)31-32-23(34)19(11)22(27-2)30-15/h4-5,9-10,28H,7-8,26H2,1-3H3,(H,27,30)(H,32,34)/t10-/m0/s1. The Hall–Kier alpha value is -4.50. The van der Waals surface area contributed by atoms with Crippen molar-refractivity contribution < 1.29 is 9.13 Å². The second-order valence-electron chi connectivity index (χ2n) is 8.17. The van der Waals surface area contributed by atoms with Crippen LogP contribution in [0.5, 0.6) is 5.75 Å². The topological polar surface area (TPSA) is 160 Å². The van der Waals surface area contributed by atoms with E-state index in [1.54, 1.807) is 20.2 Å². The normalized spacial score (nSPS) is 14.7. The van der Waals surface area contributed by atoms with Gasteiger partial charge in [0.2, 0.25) is 0 Å². The molecule has 0 amide bonds.